The Hall–Kier alpha value is -0.850. The number of pyridine rings is 1. The van der Waals surface area contributed by atoms with Gasteiger partial charge in [-0.3, -0.25) is 15.0 Å². The molecule has 0 spiro atoms. The maximum atomic E-state index is 10.6. The van der Waals surface area contributed by atoms with Crippen LogP contribution in [0.15, 0.2) is 18.3 Å². The molecule has 0 N–H and O–H groups in total. The minimum atomic E-state index is -0.274. The van der Waals surface area contributed by atoms with Gasteiger partial charge in [0, 0.05) is 17.7 Å². The van der Waals surface area contributed by atoms with Crippen molar-refractivity contribution in [1.29, 1.82) is 0 Å². The van der Waals surface area contributed by atoms with Crippen molar-refractivity contribution in [1.82, 2.24) is 9.88 Å². The lowest BCUT2D eigenvalue weighted by Gasteiger charge is -2.26. The first kappa shape index (κ1) is 15.2. The second-order valence-electron chi connectivity index (χ2n) is 3.76. The van der Waals surface area contributed by atoms with E-state index in [0.717, 1.165) is 12.1 Å². The summed E-state index contributed by atoms with van der Waals surface area (Å²) in [5.41, 5.74) is 1.00. The van der Waals surface area contributed by atoms with Crippen LogP contribution in [-0.4, -0.2) is 39.5 Å². The molecule has 0 radical (unpaired) electrons. The molecule has 0 saturated heterocycles. The number of nitro groups is 1. The molecule has 1 rings (SSSR count). The molecule has 0 aliphatic heterocycles. The van der Waals surface area contributed by atoms with Gasteiger partial charge in [-0.1, -0.05) is 24.6 Å². The molecule has 18 heavy (non-hydrogen) atoms. The average molecular weight is 290 g/mol. The molecule has 0 amide bonds. The molecule has 0 aromatic carbocycles. The number of hydrogen-bond acceptors (Lipinski definition) is 5. The van der Waals surface area contributed by atoms with Gasteiger partial charge in [0.2, 0.25) is 6.54 Å². The SMILES string of the molecule is CCN(Cc1ccc(Cl)nc1)C(C[N+](=O)[O-])SC. The molecule has 100 valence electrons. The van der Waals surface area contributed by atoms with Crippen molar-refractivity contribution in [3.63, 3.8) is 0 Å². The lowest BCUT2D eigenvalue weighted by atomic mass is 10.2. The Bertz CT molecular complexity index is 388. The molecular formula is C11H16ClN3O2S. The molecule has 5 nitrogen and oxygen atoms in total. The molecule has 1 aromatic heterocycles. The van der Waals surface area contributed by atoms with Crippen LogP contribution in [0.2, 0.25) is 5.15 Å². The molecule has 0 aliphatic rings. The second kappa shape index (κ2) is 7.56. The number of aromatic nitrogens is 1. The van der Waals surface area contributed by atoms with Gasteiger partial charge in [0.25, 0.3) is 0 Å². The zero-order chi connectivity index (χ0) is 13.5. The summed E-state index contributed by atoms with van der Waals surface area (Å²) < 4.78 is 0. The fourth-order valence-corrected chi connectivity index (χ4v) is 2.52. The van der Waals surface area contributed by atoms with Gasteiger partial charge < -0.3 is 0 Å². The maximum absolute atomic E-state index is 10.6. The van der Waals surface area contributed by atoms with Gasteiger partial charge in [-0.25, -0.2) is 4.98 Å². The Balaban J connectivity index is 2.70. The Kier molecular flexibility index (Phi) is 6.38. The molecule has 0 bridgehead atoms. The van der Waals surface area contributed by atoms with Crippen LogP contribution in [0, 0.1) is 10.1 Å². The van der Waals surface area contributed by atoms with Crippen molar-refractivity contribution in [2.75, 3.05) is 19.3 Å². The van der Waals surface area contributed by atoms with Crippen LogP contribution in [0.1, 0.15) is 12.5 Å². The van der Waals surface area contributed by atoms with Crippen LogP contribution in [0.25, 0.3) is 0 Å². The summed E-state index contributed by atoms with van der Waals surface area (Å²) in [6.45, 7) is 3.32. The lowest BCUT2D eigenvalue weighted by Crippen LogP contribution is -2.37. The van der Waals surface area contributed by atoms with Crippen molar-refractivity contribution >= 4 is 23.4 Å². The fraction of sp³-hybridized carbons (Fsp3) is 0.545. The first-order valence-electron chi connectivity index (χ1n) is 5.56. The normalized spacial score (nSPS) is 12.7. The lowest BCUT2D eigenvalue weighted by molar-refractivity contribution is -0.482. The minimum absolute atomic E-state index is 0.0595. The largest absolute Gasteiger partial charge is 0.282 e. The van der Waals surface area contributed by atoms with Crippen LogP contribution in [0.3, 0.4) is 0 Å². The summed E-state index contributed by atoms with van der Waals surface area (Å²) in [5, 5.41) is 10.9. The number of thioether (sulfide) groups is 1. The first-order chi connectivity index (χ1) is 8.56. The Morgan fingerprint density at radius 3 is 2.78 bits per heavy atom. The van der Waals surface area contributed by atoms with Gasteiger partial charge >= 0.3 is 0 Å². The molecule has 0 fully saturated rings. The highest BCUT2D eigenvalue weighted by Crippen LogP contribution is 2.16. The quantitative estimate of drug-likeness (QED) is 0.334. The third-order valence-electron chi connectivity index (χ3n) is 2.57. The second-order valence-corrected chi connectivity index (χ2v) is 5.16. The van der Waals surface area contributed by atoms with Gasteiger partial charge in [0.1, 0.15) is 10.5 Å². The van der Waals surface area contributed by atoms with Gasteiger partial charge in [-0.05, 0) is 24.4 Å². The van der Waals surface area contributed by atoms with Crippen molar-refractivity contribution in [3.05, 3.63) is 39.2 Å². The van der Waals surface area contributed by atoms with E-state index in [0.29, 0.717) is 11.7 Å². The molecule has 1 unspecified atom stereocenters. The van der Waals surface area contributed by atoms with E-state index in [-0.39, 0.29) is 16.8 Å². The highest BCUT2D eigenvalue weighted by Gasteiger charge is 2.21. The van der Waals surface area contributed by atoms with E-state index in [4.69, 9.17) is 11.6 Å². The monoisotopic (exact) mass is 289 g/mol. The van der Waals surface area contributed by atoms with Crippen LogP contribution in [-0.2, 0) is 6.54 Å². The summed E-state index contributed by atoms with van der Waals surface area (Å²) in [5.74, 6) is 0. The van der Waals surface area contributed by atoms with Crippen LogP contribution < -0.4 is 0 Å². The molecule has 1 atom stereocenters. The van der Waals surface area contributed by atoms with E-state index in [1.54, 1.807) is 12.3 Å². The molecule has 0 saturated carbocycles. The number of halogens is 1. The highest BCUT2D eigenvalue weighted by atomic mass is 35.5. The zero-order valence-electron chi connectivity index (χ0n) is 10.4. The third-order valence-corrected chi connectivity index (χ3v) is 3.78. The summed E-state index contributed by atoms with van der Waals surface area (Å²) in [6, 6.07) is 3.62. The van der Waals surface area contributed by atoms with Crippen LogP contribution in [0.5, 0.6) is 0 Å². The van der Waals surface area contributed by atoms with Crippen molar-refractivity contribution in [2.45, 2.75) is 18.8 Å². The standard InChI is InChI=1S/C11H16ClN3O2S/c1-3-14(11(18-2)8-15(16)17)7-9-4-5-10(12)13-6-9/h4-6,11H,3,7-8H2,1-2H3. The van der Waals surface area contributed by atoms with Gasteiger partial charge in [-0.15, -0.1) is 11.8 Å². The van der Waals surface area contributed by atoms with Crippen molar-refractivity contribution in [3.8, 4) is 0 Å². The summed E-state index contributed by atoms with van der Waals surface area (Å²) in [6.07, 6.45) is 3.59. The Labute approximate surface area is 116 Å². The molecule has 1 heterocycles. The van der Waals surface area contributed by atoms with Crippen LogP contribution in [0.4, 0.5) is 0 Å². The molecule has 7 heteroatoms. The van der Waals surface area contributed by atoms with E-state index in [2.05, 4.69) is 9.88 Å². The predicted molar refractivity (Wildman–Crippen MR) is 74.5 cm³/mol. The summed E-state index contributed by atoms with van der Waals surface area (Å²) >= 11 is 7.21. The minimum Gasteiger partial charge on any atom is -0.282 e. The molecular weight excluding hydrogens is 274 g/mol. The molecule has 1 aromatic rings. The third kappa shape index (κ3) is 4.80. The van der Waals surface area contributed by atoms with Crippen molar-refractivity contribution in [2.24, 2.45) is 0 Å². The summed E-state index contributed by atoms with van der Waals surface area (Å²) in [4.78, 5) is 16.4. The topological polar surface area (TPSA) is 59.3 Å². The Morgan fingerprint density at radius 2 is 2.33 bits per heavy atom. The number of hydrogen-bond donors (Lipinski definition) is 0. The summed E-state index contributed by atoms with van der Waals surface area (Å²) in [7, 11) is 0. The number of rotatable bonds is 7. The van der Waals surface area contributed by atoms with Crippen molar-refractivity contribution < 1.29 is 4.92 Å². The molecule has 0 aliphatic carbocycles. The van der Waals surface area contributed by atoms with E-state index >= 15 is 0 Å². The van der Waals surface area contributed by atoms with E-state index in [1.807, 2.05) is 19.2 Å². The average Bonchev–Trinajstić information content (AvgIpc) is 2.35. The predicted octanol–water partition coefficient (Wildman–Crippen LogP) is 2.52. The first-order valence-corrected chi connectivity index (χ1v) is 7.22. The van der Waals surface area contributed by atoms with Crippen LogP contribution >= 0.6 is 23.4 Å². The van der Waals surface area contributed by atoms with E-state index in [9.17, 15) is 10.1 Å². The van der Waals surface area contributed by atoms with E-state index in [1.165, 1.54) is 11.8 Å². The van der Waals surface area contributed by atoms with Gasteiger partial charge in [-0.2, -0.15) is 0 Å². The van der Waals surface area contributed by atoms with Gasteiger partial charge in [0.05, 0.1) is 0 Å². The highest BCUT2D eigenvalue weighted by molar-refractivity contribution is 7.99. The van der Waals surface area contributed by atoms with Gasteiger partial charge in [0.15, 0.2) is 0 Å². The maximum Gasteiger partial charge on any atom is 0.228 e. The Morgan fingerprint density at radius 1 is 1.61 bits per heavy atom. The zero-order valence-corrected chi connectivity index (χ0v) is 11.9. The fourth-order valence-electron chi connectivity index (χ4n) is 1.62. The van der Waals surface area contributed by atoms with E-state index < -0.39 is 0 Å². The number of nitrogens with zero attached hydrogens (tertiary/aromatic N) is 3. The number of likely N-dealkylation sites (N-methyl/N-ethyl adjacent to an activating group) is 1. The smallest absolute Gasteiger partial charge is 0.228 e.